The zero-order valence-electron chi connectivity index (χ0n) is 13.7. The lowest BCUT2D eigenvalue weighted by Crippen LogP contribution is -2.50. The number of rotatable bonds is 6. The Morgan fingerprint density at radius 3 is 2.52 bits per heavy atom. The zero-order valence-corrected chi connectivity index (χ0v) is 13.7. The van der Waals surface area contributed by atoms with Crippen LogP contribution in [0, 0.1) is 17.3 Å². The molecule has 4 nitrogen and oxygen atoms in total. The fourth-order valence-electron chi connectivity index (χ4n) is 3.81. The van der Waals surface area contributed by atoms with Crippen LogP contribution in [-0.4, -0.2) is 39.3 Å². The van der Waals surface area contributed by atoms with E-state index in [4.69, 9.17) is 4.74 Å². The van der Waals surface area contributed by atoms with E-state index in [1.54, 1.807) is 7.11 Å². The van der Waals surface area contributed by atoms with Crippen molar-refractivity contribution in [2.24, 2.45) is 17.3 Å². The van der Waals surface area contributed by atoms with Crippen molar-refractivity contribution in [3.05, 3.63) is 0 Å². The van der Waals surface area contributed by atoms with Crippen LogP contribution in [0.1, 0.15) is 51.9 Å². The van der Waals surface area contributed by atoms with Crippen molar-refractivity contribution in [2.75, 3.05) is 33.4 Å². The summed E-state index contributed by atoms with van der Waals surface area (Å²) in [5.74, 6) is 1.92. The number of carbonyl (C=O) groups excluding carboxylic acids is 1. The zero-order chi connectivity index (χ0) is 15.1. The van der Waals surface area contributed by atoms with Gasteiger partial charge in [0.2, 0.25) is 5.91 Å². The number of hydrogen-bond acceptors (Lipinski definition) is 3. The van der Waals surface area contributed by atoms with Gasteiger partial charge in [-0.05, 0) is 44.2 Å². The summed E-state index contributed by atoms with van der Waals surface area (Å²) in [6, 6.07) is 0. The summed E-state index contributed by atoms with van der Waals surface area (Å²) in [5, 5.41) is 6.52. The maximum absolute atomic E-state index is 12.6. The van der Waals surface area contributed by atoms with Gasteiger partial charge in [0, 0.05) is 13.7 Å². The topological polar surface area (TPSA) is 50.4 Å². The molecule has 2 rings (SSSR count). The van der Waals surface area contributed by atoms with Gasteiger partial charge in [-0.25, -0.2) is 0 Å². The molecule has 2 aliphatic rings. The predicted molar refractivity (Wildman–Crippen MR) is 85.2 cm³/mol. The Bertz CT molecular complexity index is 313. The predicted octanol–water partition coefficient (Wildman–Crippen LogP) is 2.34. The average Bonchev–Trinajstić information content (AvgIpc) is 2.50. The number of piperidine rings is 1. The van der Waals surface area contributed by atoms with Gasteiger partial charge < -0.3 is 15.4 Å². The van der Waals surface area contributed by atoms with E-state index < -0.39 is 0 Å². The summed E-state index contributed by atoms with van der Waals surface area (Å²) in [6.07, 6.45) is 8.30. The van der Waals surface area contributed by atoms with Crippen LogP contribution >= 0.6 is 0 Å². The van der Waals surface area contributed by atoms with Crippen molar-refractivity contribution < 1.29 is 9.53 Å². The fourth-order valence-corrected chi connectivity index (χ4v) is 3.81. The van der Waals surface area contributed by atoms with Crippen molar-refractivity contribution in [3.63, 3.8) is 0 Å². The van der Waals surface area contributed by atoms with Crippen LogP contribution in [0.5, 0.6) is 0 Å². The molecule has 122 valence electrons. The molecule has 2 fully saturated rings. The summed E-state index contributed by atoms with van der Waals surface area (Å²) < 4.78 is 5.33. The third-order valence-corrected chi connectivity index (χ3v) is 5.44. The van der Waals surface area contributed by atoms with E-state index in [0.29, 0.717) is 6.61 Å². The Kier molecular flexibility index (Phi) is 6.49. The minimum Gasteiger partial charge on any atom is -0.384 e. The Hall–Kier alpha value is -0.610. The molecule has 2 N–H and O–H groups in total. The van der Waals surface area contributed by atoms with Crippen molar-refractivity contribution in [3.8, 4) is 0 Å². The highest BCUT2D eigenvalue weighted by Gasteiger charge is 2.39. The molecule has 0 aromatic rings. The van der Waals surface area contributed by atoms with E-state index in [9.17, 15) is 4.79 Å². The van der Waals surface area contributed by atoms with E-state index in [1.807, 2.05) is 0 Å². The van der Waals surface area contributed by atoms with Gasteiger partial charge in [-0.3, -0.25) is 4.79 Å². The Morgan fingerprint density at radius 1 is 1.24 bits per heavy atom. The summed E-state index contributed by atoms with van der Waals surface area (Å²) in [6.45, 7) is 5.55. The third-order valence-electron chi connectivity index (χ3n) is 5.44. The molecule has 21 heavy (non-hydrogen) atoms. The minimum absolute atomic E-state index is 0.204. The highest BCUT2D eigenvalue weighted by Crippen LogP contribution is 2.31. The fraction of sp³-hybridized carbons (Fsp3) is 0.941. The molecule has 1 saturated carbocycles. The van der Waals surface area contributed by atoms with Gasteiger partial charge in [-0.2, -0.15) is 0 Å². The van der Waals surface area contributed by atoms with Gasteiger partial charge >= 0.3 is 0 Å². The van der Waals surface area contributed by atoms with Crippen LogP contribution in [0.4, 0.5) is 0 Å². The molecule has 0 aromatic carbocycles. The number of carbonyl (C=O) groups is 1. The summed E-state index contributed by atoms with van der Waals surface area (Å²) in [5.41, 5.74) is -0.304. The lowest BCUT2D eigenvalue weighted by Gasteiger charge is -2.35. The summed E-state index contributed by atoms with van der Waals surface area (Å²) >= 11 is 0. The molecule has 1 amide bonds. The SMILES string of the molecule is COCC1(C(=O)NCCC2CCC(C)CC2)CCNCC1. The highest BCUT2D eigenvalue weighted by molar-refractivity contribution is 5.82. The van der Waals surface area contributed by atoms with Gasteiger partial charge in [-0.15, -0.1) is 0 Å². The maximum atomic E-state index is 12.6. The standard InChI is InChI=1S/C17H32N2O2/c1-14-3-5-15(6-4-14)7-10-19-16(20)17(13-21-2)8-11-18-12-9-17/h14-15,18H,3-13H2,1-2H3,(H,19,20). The molecule has 0 bridgehead atoms. The van der Waals surface area contributed by atoms with Crippen LogP contribution in [0.25, 0.3) is 0 Å². The van der Waals surface area contributed by atoms with E-state index in [0.717, 1.165) is 50.7 Å². The van der Waals surface area contributed by atoms with Crippen molar-refractivity contribution in [2.45, 2.75) is 51.9 Å². The first-order valence-corrected chi connectivity index (χ1v) is 8.64. The third kappa shape index (κ3) is 4.68. The molecule has 1 saturated heterocycles. The number of nitrogens with one attached hydrogen (secondary N) is 2. The van der Waals surface area contributed by atoms with E-state index in [-0.39, 0.29) is 11.3 Å². The second kappa shape index (κ2) is 8.14. The Balaban J connectivity index is 1.74. The second-order valence-corrected chi connectivity index (χ2v) is 7.13. The van der Waals surface area contributed by atoms with Crippen LogP contribution in [0.3, 0.4) is 0 Å². The number of ether oxygens (including phenoxy) is 1. The summed E-state index contributed by atoms with van der Waals surface area (Å²) in [4.78, 5) is 12.6. The van der Waals surface area contributed by atoms with Gasteiger partial charge in [0.1, 0.15) is 0 Å². The molecule has 0 spiro atoms. The first kappa shape index (κ1) is 16.8. The van der Waals surface area contributed by atoms with Crippen LogP contribution in [0.15, 0.2) is 0 Å². The Morgan fingerprint density at radius 2 is 1.90 bits per heavy atom. The molecule has 0 aromatic heterocycles. The largest absolute Gasteiger partial charge is 0.384 e. The van der Waals surface area contributed by atoms with Crippen LogP contribution in [-0.2, 0) is 9.53 Å². The molecule has 0 radical (unpaired) electrons. The number of amides is 1. The first-order valence-electron chi connectivity index (χ1n) is 8.64. The molecule has 1 aliphatic carbocycles. The second-order valence-electron chi connectivity index (χ2n) is 7.13. The van der Waals surface area contributed by atoms with Gasteiger partial charge in [0.15, 0.2) is 0 Å². The molecule has 4 heteroatoms. The van der Waals surface area contributed by atoms with Crippen molar-refractivity contribution in [1.82, 2.24) is 10.6 Å². The normalized spacial score (nSPS) is 29.0. The van der Waals surface area contributed by atoms with E-state index in [2.05, 4.69) is 17.6 Å². The summed E-state index contributed by atoms with van der Waals surface area (Å²) in [7, 11) is 1.69. The molecule has 1 heterocycles. The molecular formula is C17H32N2O2. The van der Waals surface area contributed by atoms with Crippen molar-refractivity contribution >= 4 is 5.91 Å². The van der Waals surface area contributed by atoms with Gasteiger partial charge in [0.25, 0.3) is 0 Å². The average molecular weight is 296 g/mol. The lowest BCUT2D eigenvalue weighted by molar-refractivity contribution is -0.136. The highest BCUT2D eigenvalue weighted by atomic mass is 16.5. The van der Waals surface area contributed by atoms with E-state index in [1.165, 1.54) is 25.7 Å². The molecule has 0 unspecified atom stereocenters. The monoisotopic (exact) mass is 296 g/mol. The first-order chi connectivity index (χ1) is 10.2. The minimum atomic E-state index is -0.304. The van der Waals surface area contributed by atoms with Crippen LogP contribution < -0.4 is 10.6 Å². The van der Waals surface area contributed by atoms with E-state index >= 15 is 0 Å². The molecule has 0 atom stereocenters. The van der Waals surface area contributed by atoms with Crippen LogP contribution in [0.2, 0.25) is 0 Å². The molecular weight excluding hydrogens is 264 g/mol. The maximum Gasteiger partial charge on any atom is 0.228 e. The lowest BCUT2D eigenvalue weighted by atomic mass is 9.78. The smallest absolute Gasteiger partial charge is 0.228 e. The molecule has 1 aliphatic heterocycles. The van der Waals surface area contributed by atoms with Crippen molar-refractivity contribution in [1.29, 1.82) is 0 Å². The van der Waals surface area contributed by atoms with Gasteiger partial charge in [0.05, 0.1) is 12.0 Å². The number of hydrogen-bond donors (Lipinski definition) is 2. The van der Waals surface area contributed by atoms with Gasteiger partial charge in [-0.1, -0.05) is 32.6 Å². The quantitative estimate of drug-likeness (QED) is 0.791. The Labute approximate surface area is 129 Å². The number of methoxy groups -OCH3 is 1.